The first-order chi connectivity index (χ1) is 14.9. The van der Waals surface area contributed by atoms with E-state index in [1.54, 1.807) is 38.1 Å². The summed E-state index contributed by atoms with van der Waals surface area (Å²) in [6.07, 6.45) is 4.64. The Labute approximate surface area is 183 Å². The van der Waals surface area contributed by atoms with Crippen molar-refractivity contribution in [2.24, 2.45) is 23.7 Å². The molecule has 0 spiro atoms. The van der Waals surface area contributed by atoms with Gasteiger partial charge in [0, 0.05) is 23.1 Å². The van der Waals surface area contributed by atoms with Crippen LogP contribution in [0.2, 0.25) is 0 Å². The number of hydrogen-bond donors (Lipinski definition) is 1. The number of halogens is 1. The molecule has 0 bridgehead atoms. The van der Waals surface area contributed by atoms with Crippen LogP contribution >= 0.6 is 0 Å². The SMILES string of the molecule is CC(C)C(=O)C(C(=O)Nc1ccccc1)C(C(=O)c1ccc(F)cc1)C1CCCCC1. The fourth-order valence-corrected chi connectivity index (χ4v) is 4.51. The Morgan fingerprint density at radius 2 is 1.52 bits per heavy atom. The van der Waals surface area contributed by atoms with Gasteiger partial charge in [0.1, 0.15) is 17.5 Å². The van der Waals surface area contributed by atoms with Gasteiger partial charge in [-0.25, -0.2) is 4.39 Å². The first kappa shape index (κ1) is 22.9. The molecule has 0 aliphatic heterocycles. The van der Waals surface area contributed by atoms with Gasteiger partial charge in [-0.1, -0.05) is 51.3 Å². The molecule has 1 aliphatic carbocycles. The van der Waals surface area contributed by atoms with Crippen molar-refractivity contribution in [2.75, 3.05) is 5.32 Å². The van der Waals surface area contributed by atoms with Gasteiger partial charge in [0.15, 0.2) is 5.78 Å². The largest absolute Gasteiger partial charge is 0.325 e. The second-order valence-electron chi connectivity index (χ2n) is 8.69. The molecular weight excluding hydrogens is 393 g/mol. The number of nitrogens with one attached hydrogen (secondary N) is 1. The van der Waals surface area contributed by atoms with E-state index in [2.05, 4.69) is 5.32 Å². The van der Waals surface area contributed by atoms with Crippen molar-refractivity contribution in [2.45, 2.75) is 46.0 Å². The van der Waals surface area contributed by atoms with Gasteiger partial charge >= 0.3 is 0 Å². The van der Waals surface area contributed by atoms with E-state index in [1.165, 1.54) is 24.3 Å². The first-order valence-electron chi connectivity index (χ1n) is 11.1. The van der Waals surface area contributed by atoms with Crippen LogP contribution in [0.5, 0.6) is 0 Å². The standard InChI is InChI=1S/C26H30FNO3/c1-17(2)24(29)23(26(31)28-21-11-7-4-8-12-21)22(18-9-5-3-6-10-18)25(30)19-13-15-20(27)16-14-19/h4,7-8,11-18,22-23H,3,5-6,9-10H2,1-2H3,(H,28,31). The number of para-hydroxylation sites is 1. The highest BCUT2D eigenvalue weighted by molar-refractivity contribution is 6.13. The third-order valence-electron chi connectivity index (χ3n) is 6.15. The molecule has 5 heteroatoms. The van der Waals surface area contributed by atoms with Gasteiger partial charge in [0.2, 0.25) is 5.91 Å². The van der Waals surface area contributed by atoms with E-state index >= 15 is 0 Å². The minimum atomic E-state index is -1.08. The molecule has 3 rings (SSSR count). The van der Waals surface area contributed by atoms with Gasteiger partial charge in [-0.2, -0.15) is 0 Å². The van der Waals surface area contributed by atoms with E-state index in [9.17, 15) is 18.8 Å². The zero-order valence-corrected chi connectivity index (χ0v) is 18.1. The summed E-state index contributed by atoms with van der Waals surface area (Å²) in [7, 11) is 0. The maximum absolute atomic E-state index is 13.6. The van der Waals surface area contributed by atoms with E-state index in [1.807, 2.05) is 6.07 Å². The minimum absolute atomic E-state index is 0.0551. The lowest BCUT2D eigenvalue weighted by atomic mass is 9.68. The quantitative estimate of drug-likeness (QED) is 0.439. The Balaban J connectivity index is 2.00. The number of amides is 1. The summed E-state index contributed by atoms with van der Waals surface area (Å²) in [5, 5.41) is 2.84. The predicted octanol–water partition coefficient (Wildman–Crippen LogP) is 5.68. The van der Waals surface area contributed by atoms with E-state index in [0.717, 1.165) is 32.1 Å². The Kier molecular flexibility index (Phi) is 7.72. The normalized spacial score (nSPS) is 16.5. The fourth-order valence-electron chi connectivity index (χ4n) is 4.51. The van der Waals surface area contributed by atoms with Gasteiger partial charge in [0.25, 0.3) is 0 Å². The number of benzene rings is 2. The van der Waals surface area contributed by atoms with Gasteiger partial charge in [-0.15, -0.1) is 0 Å². The van der Waals surface area contributed by atoms with E-state index < -0.39 is 29.5 Å². The average molecular weight is 424 g/mol. The molecule has 2 aromatic rings. The molecule has 0 heterocycles. The van der Waals surface area contributed by atoms with Crippen molar-refractivity contribution in [3.8, 4) is 0 Å². The van der Waals surface area contributed by atoms with Gasteiger partial charge in [-0.05, 0) is 55.2 Å². The maximum atomic E-state index is 13.6. The van der Waals surface area contributed by atoms with Gasteiger partial charge in [-0.3, -0.25) is 14.4 Å². The molecule has 31 heavy (non-hydrogen) atoms. The predicted molar refractivity (Wildman–Crippen MR) is 119 cm³/mol. The number of carbonyl (C=O) groups excluding carboxylic acids is 3. The monoisotopic (exact) mass is 423 g/mol. The first-order valence-corrected chi connectivity index (χ1v) is 11.1. The Bertz CT molecular complexity index is 902. The van der Waals surface area contributed by atoms with Crippen LogP contribution in [0.4, 0.5) is 10.1 Å². The van der Waals surface area contributed by atoms with Crippen molar-refractivity contribution < 1.29 is 18.8 Å². The van der Waals surface area contributed by atoms with Crippen molar-refractivity contribution in [3.63, 3.8) is 0 Å². The third-order valence-corrected chi connectivity index (χ3v) is 6.15. The highest BCUT2D eigenvalue weighted by Crippen LogP contribution is 2.38. The van der Waals surface area contributed by atoms with Crippen LogP contribution < -0.4 is 5.32 Å². The van der Waals surface area contributed by atoms with Gasteiger partial charge < -0.3 is 5.32 Å². The van der Waals surface area contributed by atoms with Crippen LogP contribution in [0.1, 0.15) is 56.3 Å². The zero-order chi connectivity index (χ0) is 22.4. The second kappa shape index (κ2) is 10.5. The number of anilines is 1. The molecule has 2 unspecified atom stereocenters. The van der Waals surface area contributed by atoms with Crippen molar-refractivity contribution in [3.05, 3.63) is 66.0 Å². The zero-order valence-electron chi connectivity index (χ0n) is 18.1. The number of Topliss-reactive ketones (excluding diaryl/α,β-unsaturated/α-hetero) is 2. The Hall–Kier alpha value is -2.82. The summed E-state index contributed by atoms with van der Waals surface area (Å²) >= 11 is 0. The minimum Gasteiger partial charge on any atom is -0.325 e. The number of rotatable bonds is 8. The molecule has 164 valence electrons. The molecule has 2 aromatic carbocycles. The van der Waals surface area contributed by atoms with Gasteiger partial charge in [0.05, 0.1) is 0 Å². The van der Waals surface area contributed by atoms with Crippen molar-refractivity contribution in [1.29, 1.82) is 0 Å². The molecule has 1 aliphatic rings. The Morgan fingerprint density at radius 1 is 0.903 bits per heavy atom. The molecule has 1 amide bonds. The summed E-state index contributed by atoms with van der Waals surface area (Å²) < 4.78 is 13.4. The van der Waals surface area contributed by atoms with Crippen LogP contribution in [0.25, 0.3) is 0 Å². The van der Waals surface area contributed by atoms with Crippen LogP contribution in [0, 0.1) is 29.5 Å². The molecule has 0 radical (unpaired) electrons. The molecular formula is C26H30FNO3. The highest BCUT2D eigenvalue weighted by Gasteiger charge is 2.44. The lowest BCUT2D eigenvalue weighted by Crippen LogP contribution is -2.44. The molecule has 2 atom stereocenters. The lowest BCUT2D eigenvalue weighted by molar-refractivity contribution is -0.135. The van der Waals surface area contributed by atoms with Crippen LogP contribution in [0.3, 0.4) is 0 Å². The van der Waals surface area contributed by atoms with Crippen LogP contribution in [0.15, 0.2) is 54.6 Å². The number of ketones is 2. The molecule has 4 nitrogen and oxygen atoms in total. The fraction of sp³-hybridized carbons (Fsp3) is 0.423. The molecule has 1 N–H and O–H groups in total. The molecule has 0 aromatic heterocycles. The summed E-state index contributed by atoms with van der Waals surface area (Å²) in [4.78, 5) is 40.3. The molecule has 0 saturated heterocycles. The van der Waals surface area contributed by atoms with Crippen LogP contribution in [-0.2, 0) is 9.59 Å². The summed E-state index contributed by atoms with van der Waals surface area (Å²) in [6, 6.07) is 14.3. The molecule has 1 fully saturated rings. The van der Waals surface area contributed by atoms with E-state index in [-0.39, 0.29) is 17.5 Å². The van der Waals surface area contributed by atoms with E-state index in [4.69, 9.17) is 0 Å². The van der Waals surface area contributed by atoms with Crippen LogP contribution in [-0.4, -0.2) is 17.5 Å². The van der Waals surface area contributed by atoms with E-state index in [0.29, 0.717) is 11.3 Å². The van der Waals surface area contributed by atoms with Crippen molar-refractivity contribution >= 4 is 23.2 Å². The lowest BCUT2D eigenvalue weighted by Gasteiger charge is -2.34. The average Bonchev–Trinajstić information content (AvgIpc) is 2.78. The third kappa shape index (κ3) is 5.66. The highest BCUT2D eigenvalue weighted by atomic mass is 19.1. The molecule has 1 saturated carbocycles. The number of carbonyl (C=O) groups is 3. The summed E-state index contributed by atoms with van der Waals surface area (Å²) in [5.41, 5.74) is 0.928. The van der Waals surface area contributed by atoms with Crippen molar-refractivity contribution in [1.82, 2.24) is 0 Å². The second-order valence-corrected chi connectivity index (χ2v) is 8.69. The summed E-state index contributed by atoms with van der Waals surface area (Å²) in [5.74, 6) is -3.66. The smallest absolute Gasteiger partial charge is 0.235 e. The summed E-state index contributed by atoms with van der Waals surface area (Å²) in [6.45, 7) is 3.51. The number of hydrogen-bond acceptors (Lipinski definition) is 3. The Morgan fingerprint density at radius 3 is 2.10 bits per heavy atom. The maximum Gasteiger partial charge on any atom is 0.235 e. The topological polar surface area (TPSA) is 63.2 Å².